The molecular formula is C18H24N6O2. The Morgan fingerprint density at radius 3 is 2.81 bits per heavy atom. The first-order chi connectivity index (χ1) is 12.6. The molecule has 1 unspecified atom stereocenters. The fourth-order valence-electron chi connectivity index (χ4n) is 2.95. The van der Waals surface area contributed by atoms with E-state index in [0.717, 1.165) is 23.6 Å². The molecule has 26 heavy (non-hydrogen) atoms. The van der Waals surface area contributed by atoms with Gasteiger partial charge in [-0.2, -0.15) is 5.10 Å². The molecule has 0 spiro atoms. The van der Waals surface area contributed by atoms with Crippen molar-refractivity contribution >= 4 is 11.9 Å². The Morgan fingerprint density at radius 1 is 1.42 bits per heavy atom. The molecule has 3 N–H and O–H groups in total. The van der Waals surface area contributed by atoms with Crippen molar-refractivity contribution in [3.63, 3.8) is 0 Å². The quantitative estimate of drug-likeness (QED) is 0.620. The number of rotatable bonds is 4. The van der Waals surface area contributed by atoms with Crippen LogP contribution in [0.25, 0.3) is 0 Å². The molecule has 8 heteroatoms. The van der Waals surface area contributed by atoms with Crippen molar-refractivity contribution in [1.82, 2.24) is 20.0 Å². The number of amides is 1. The van der Waals surface area contributed by atoms with Crippen LogP contribution in [-0.4, -0.2) is 53.3 Å². The number of nitrogens with two attached hydrogens (primary N) is 1. The van der Waals surface area contributed by atoms with Gasteiger partial charge in [-0.05, 0) is 17.7 Å². The molecule has 8 nitrogen and oxygen atoms in total. The van der Waals surface area contributed by atoms with Crippen LogP contribution in [0, 0.1) is 0 Å². The average Bonchev–Trinajstić information content (AvgIpc) is 3.09. The lowest BCUT2D eigenvalue weighted by Gasteiger charge is -2.34. The van der Waals surface area contributed by atoms with E-state index in [0.29, 0.717) is 25.3 Å². The Kier molecular flexibility index (Phi) is 5.52. The van der Waals surface area contributed by atoms with Crippen molar-refractivity contribution in [3.8, 4) is 0 Å². The molecule has 0 saturated carbocycles. The van der Waals surface area contributed by atoms with Crippen molar-refractivity contribution in [1.29, 1.82) is 0 Å². The predicted octanol–water partition coefficient (Wildman–Crippen LogP) is 0.668. The Labute approximate surface area is 152 Å². The summed E-state index contributed by atoms with van der Waals surface area (Å²) in [6.45, 7) is 2.73. The number of guanidine groups is 1. The highest BCUT2D eigenvalue weighted by Gasteiger charge is 2.25. The number of aliphatic imine (C=N–C) groups is 1. The first-order valence-corrected chi connectivity index (χ1v) is 8.51. The number of benzene rings is 1. The lowest BCUT2D eigenvalue weighted by Crippen LogP contribution is -2.47. The minimum absolute atomic E-state index is 0.0224. The number of nitrogens with one attached hydrogen (secondary N) is 1. The van der Waals surface area contributed by atoms with Crippen molar-refractivity contribution in [2.45, 2.75) is 12.6 Å². The molecule has 1 amide bonds. The molecule has 138 valence electrons. The fraction of sp³-hybridized carbons (Fsp3) is 0.389. The summed E-state index contributed by atoms with van der Waals surface area (Å²) in [5, 5.41) is 7.58. The fourth-order valence-corrected chi connectivity index (χ4v) is 2.95. The van der Waals surface area contributed by atoms with Crippen molar-refractivity contribution in [3.05, 3.63) is 53.3 Å². The summed E-state index contributed by atoms with van der Waals surface area (Å²) in [6.07, 6.45) is 3.79. The Hall–Kier alpha value is -2.87. The van der Waals surface area contributed by atoms with E-state index in [9.17, 15) is 4.79 Å². The third-order valence-electron chi connectivity index (χ3n) is 4.36. The summed E-state index contributed by atoms with van der Waals surface area (Å²) >= 11 is 0. The van der Waals surface area contributed by atoms with Gasteiger partial charge < -0.3 is 20.7 Å². The highest BCUT2D eigenvalue weighted by atomic mass is 16.5. The number of ether oxygens (including phenoxy) is 1. The monoisotopic (exact) mass is 356 g/mol. The predicted molar refractivity (Wildman–Crippen MR) is 98.6 cm³/mol. The van der Waals surface area contributed by atoms with E-state index in [2.05, 4.69) is 20.3 Å². The van der Waals surface area contributed by atoms with E-state index in [1.165, 1.54) is 0 Å². The molecular weight excluding hydrogens is 332 g/mol. The Balaban J connectivity index is 1.60. The Bertz CT molecular complexity index is 783. The van der Waals surface area contributed by atoms with E-state index in [4.69, 9.17) is 10.5 Å². The summed E-state index contributed by atoms with van der Waals surface area (Å²) in [5.74, 6) is 0.399. The van der Waals surface area contributed by atoms with Gasteiger partial charge in [0.2, 0.25) is 5.91 Å². The first-order valence-electron chi connectivity index (χ1n) is 8.51. The summed E-state index contributed by atoms with van der Waals surface area (Å²) in [4.78, 5) is 17.7. The number of primary amides is 1. The minimum Gasteiger partial charge on any atom is -0.370 e. The van der Waals surface area contributed by atoms with Crippen LogP contribution in [0.1, 0.15) is 27.6 Å². The van der Waals surface area contributed by atoms with Crippen molar-refractivity contribution in [2.75, 3.05) is 26.7 Å². The second-order valence-electron chi connectivity index (χ2n) is 6.21. The summed E-state index contributed by atoms with van der Waals surface area (Å²) in [7, 11) is 3.67. The van der Waals surface area contributed by atoms with Crippen LogP contribution in [0.2, 0.25) is 0 Å². The van der Waals surface area contributed by atoms with Crippen LogP contribution < -0.4 is 11.1 Å². The van der Waals surface area contributed by atoms with E-state index in [1.807, 2.05) is 31.6 Å². The van der Waals surface area contributed by atoms with E-state index < -0.39 is 5.91 Å². The second-order valence-corrected chi connectivity index (χ2v) is 6.21. The zero-order chi connectivity index (χ0) is 18.5. The van der Waals surface area contributed by atoms with Gasteiger partial charge in [0.15, 0.2) is 5.96 Å². The van der Waals surface area contributed by atoms with Crippen LogP contribution in [0.5, 0.6) is 0 Å². The molecule has 1 saturated heterocycles. The topological polar surface area (TPSA) is 97.8 Å². The SMILES string of the molecule is CN=C(NCc1ccc(C(N)=O)cc1)N1CCOC(c2cnn(C)c2)C1. The number of aromatic nitrogens is 2. The smallest absolute Gasteiger partial charge is 0.248 e. The average molecular weight is 356 g/mol. The number of hydrogen-bond donors (Lipinski definition) is 2. The molecule has 1 aliphatic rings. The van der Waals surface area contributed by atoms with Crippen LogP contribution >= 0.6 is 0 Å². The normalized spacial score (nSPS) is 18.0. The molecule has 1 aliphatic heterocycles. The van der Waals surface area contributed by atoms with Crippen molar-refractivity contribution < 1.29 is 9.53 Å². The zero-order valence-corrected chi connectivity index (χ0v) is 15.1. The number of nitrogens with zero attached hydrogens (tertiary/aromatic N) is 4. The van der Waals surface area contributed by atoms with Gasteiger partial charge in [0.05, 0.1) is 19.3 Å². The van der Waals surface area contributed by atoms with Crippen LogP contribution in [-0.2, 0) is 18.3 Å². The largest absolute Gasteiger partial charge is 0.370 e. The number of carbonyl (C=O) groups excluding carboxylic acids is 1. The van der Waals surface area contributed by atoms with E-state index in [1.54, 1.807) is 23.9 Å². The highest BCUT2D eigenvalue weighted by molar-refractivity contribution is 5.92. The summed E-state index contributed by atoms with van der Waals surface area (Å²) in [5.41, 5.74) is 7.89. The summed E-state index contributed by atoms with van der Waals surface area (Å²) in [6, 6.07) is 7.24. The molecule has 0 bridgehead atoms. The van der Waals surface area contributed by atoms with Crippen LogP contribution in [0.3, 0.4) is 0 Å². The van der Waals surface area contributed by atoms with Gasteiger partial charge in [-0.1, -0.05) is 12.1 Å². The molecule has 2 aromatic rings. The summed E-state index contributed by atoms with van der Waals surface area (Å²) < 4.78 is 7.66. The van der Waals surface area contributed by atoms with Gasteiger partial charge in [-0.15, -0.1) is 0 Å². The van der Waals surface area contributed by atoms with Gasteiger partial charge in [0, 0.05) is 44.5 Å². The van der Waals surface area contributed by atoms with Gasteiger partial charge in [-0.25, -0.2) is 0 Å². The second kappa shape index (κ2) is 8.01. The minimum atomic E-state index is -0.421. The molecule has 1 aromatic heterocycles. The van der Waals surface area contributed by atoms with Gasteiger partial charge in [0.25, 0.3) is 0 Å². The number of aryl methyl sites for hydroxylation is 1. The van der Waals surface area contributed by atoms with Crippen molar-refractivity contribution in [2.24, 2.45) is 17.8 Å². The zero-order valence-electron chi connectivity index (χ0n) is 15.1. The molecule has 3 rings (SSSR count). The standard InChI is InChI=1S/C18H24N6O2/c1-20-18(21-9-13-3-5-14(6-4-13)17(19)25)24-7-8-26-16(12-24)15-10-22-23(2)11-15/h3-6,10-11,16H,7-9,12H2,1-2H3,(H2,19,25)(H,20,21). The molecule has 1 aromatic carbocycles. The molecule has 0 aliphatic carbocycles. The lowest BCUT2D eigenvalue weighted by atomic mass is 10.1. The number of carbonyl (C=O) groups is 1. The van der Waals surface area contributed by atoms with Crippen LogP contribution in [0.15, 0.2) is 41.7 Å². The maximum atomic E-state index is 11.1. The van der Waals surface area contributed by atoms with Crippen LogP contribution in [0.4, 0.5) is 0 Å². The highest BCUT2D eigenvalue weighted by Crippen LogP contribution is 2.21. The molecule has 1 fully saturated rings. The molecule has 0 radical (unpaired) electrons. The molecule has 2 heterocycles. The maximum absolute atomic E-state index is 11.1. The third kappa shape index (κ3) is 4.20. The lowest BCUT2D eigenvalue weighted by molar-refractivity contribution is -0.00805. The third-order valence-corrected chi connectivity index (χ3v) is 4.36. The number of hydrogen-bond acceptors (Lipinski definition) is 4. The molecule has 1 atom stereocenters. The van der Waals surface area contributed by atoms with Gasteiger partial charge in [-0.3, -0.25) is 14.5 Å². The van der Waals surface area contributed by atoms with Gasteiger partial charge >= 0.3 is 0 Å². The number of morpholine rings is 1. The van der Waals surface area contributed by atoms with Gasteiger partial charge in [0.1, 0.15) is 6.10 Å². The first kappa shape index (κ1) is 17.9. The van der Waals surface area contributed by atoms with E-state index >= 15 is 0 Å². The maximum Gasteiger partial charge on any atom is 0.248 e. The van der Waals surface area contributed by atoms with E-state index in [-0.39, 0.29) is 6.10 Å². The Morgan fingerprint density at radius 2 is 2.19 bits per heavy atom.